The van der Waals surface area contributed by atoms with Crippen LogP contribution in [0.5, 0.6) is 0 Å². The Morgan fingerprint density at radius 2 is 2.10 bits per heavy atom. The number of anilines is 1. The Morgan fingerprint density at radius 1 is 1.33 bits per heavy atom. The van der Waals surface area contributed by atoms with Gasteiger partial charge in [-0.1, -0.05) is 52.4 Å². The van der Waals surface area contributed by atoms with E-state index in [0.717, 1.165) is 23.1 Å². The SMILES string of the molecule is O=C(O)CSc1nnc(NC(=O)c2cccc(Cl)c2Cl)s1. The zero-order chi connectivity index (χ0) is 15.4. The Morgan fingerprint density at radius 3 is 2.81 bits per heavy atom. The lowest BCUT2D eigenvalue weighted by atomic mass is 10.2. The highest BCUT2D eigenvalue weighted by molar-refractivity contribution is 8.01. The summed E-state index contributed by atoms with van der Waals surface area (Å²) in [7, 11) is 0. The van der Waals surface area contributed by atoms with Crippen molar-refractivity contribution in [1.29, 1.82) is 0 Å². The normalized spacial score (nSPS) is 10.4. The highest BCUT2D eigenvalue weighted by atomic mass is 35.5. The number of halogens is 2. The molecule has 6 nitrogen and oxygen atoms in total. The van der Waals surface area contributed by atoms with E-state index in [1.165, 1.54) is 6.07 Å². The van der Waals surface area contributed by atoms with E-state index in [1.807, 2.05) is 0 Å². The molecule has 0 unspecified atom stereocenters. The van der Waals surface area contributed by atoms with Gasteiger partial charge >= 0.3 is 5.97 Å². The lowest BCUT2D eigenvalue weighted by Gasteiger charge is -2.04. The van der Waals surface area contributed by atoms with E-state index in [0.29, 0.717) is 4.34 Å². The van der Waals surface area contributed by atoms with Crippen molar-refractivity contribution in [2.24, 2.45) is 0 Å². The maximum atomic E-state index is 12.0. The zero-order valence-electron chi connectivity index (χ0n) is 10.2. The van der Waals surface area contributed by atoms with E-state index in [9.17, 15) is 9.59 Å². The molecule has 21 heavy (non-hydrogen) atoms. The first kappa shape index (κ1) is 16.0. The van der Waals surface area contributed by atoms with Gasteiger partial charge in [-0.15, -0.1) is 10.2 Å². The standard InChI is InChI=1S/C11H7Cl2N3O3S2/c12-6-3-1-2-5(8(6)13)9(19)14-10-15-16-11(21-10)20-4-7(17)18/h1-3H,4H2,(H,17,18)(H,14,15,19). The number of carbonyl (C=O) groups excluding carboxylic acids is 1. The van der Waals surface area contributed by atoms with E-state index in [2.05, 4.69) is 15.5 Å². The molecule has 1 amide bonds. The number of carbonyl (C=O) groups is 2. The van der Waals surface area contributed by atoms with Crippen LogP contribution in [0.25, 0.3) is 0 Å². The molecular formula is C11H7Cl2N3O3S2. The molecule has 0 aliphatic heterocycles. The Labute approximate surface area is 137 Å². The van der Waals surface area contributed by atoms with Crippen LogP contribution in [0.3, 0.4) is 0 Å². The highest BCUT2D eigenvalue weighted by Crippen LogP contribution is 2.28. The summed E-state index contributed by atoms with van der Waals surface area (Å²) in [5.74, 6) is -1.54. The first-order valence-corrected chi connectivity index (χ1v) is 7.96. The number of nitrogens with one attached hydrogen (secondary N) is 1. The lowest BCUT2D eigenvalue weighted by molar-refractivity contribution is -0.133. The van der Waals surface area contributed by atoms with Gasteiger partial charge in [-0.2, -0.15) is 0 Å². The summed E-state index contributed by atoms with van der Waals surface area (Å²) in [6.07, 6.45) is 0. The number of hydrogen-bond acceptors (Lipinski definition) is 6. The third-order valence-electron chi connectivity index (χ3n) is 2.14. The number of aromatic nitrogens is 2. The van der Waals surface area contributed by atoms with Crippen LogP contribution in [-0.2, 0) is 4.79 Å². The van der Waals surface area contributed by atoms with Gasteiger partial charge in [-0.05, 0) is 12.1 Å². The van der Waals surface area contributed by atoms with Gasteiger partial charge in [-0.3, -0.25) is 14.9 Å². The van der Waals surface area contributed by atoms with Gasteiger partial charge in [0.15, 0.2) is 4.34 Å². The van der Waals surface area contributed by atoms with Gasteiger partial charge in [0.2, 0.25) is 5.13 Å². The molecule has 0 saturated heterocycles. The first-order chi connectivity index (χ1) is 9.97. The Bertz CT molecular complexity index is 693. The van der Waals surface area contributed by atoms with E-state index in [-0.39, 0.29) is 26.5 Å². The van der Waals surface area contributed by atoms with Crippen molar-refractivity contribution in [3.05, 3.63) is 33.8 Å². The smallest absolute Gasteiger partial charge is 0.313 e. The van der Waals surface area contributed by atoms with Crippen LogP contribution in [0.15, 0.2) is 22.5 Å². The molecule has 2 N–H and O–H groups in total. The summed E-state index contributed by atoms with van der Waals surface area (Å²) in [6, 6.07) is 4.72. The second-order valence-electron chi connectivity index (χ2n) is 3.61. The maximum Gasteiger partial charge on any atom is 0.313 e. The molecular weight excluding hydrogens is 357 g/mol. The van der Waals surface area contributed by atoms with Crippen molar-refractivity contribution < 1.29 is 14.7 Å². The molecule has 1 aromatic heterocycles. The molecule has 0 atom stereocenters. The first-order valence-electron chi connectivity index (χ1n) is 5.41. The van der Waals surface area contributed by atoms with Crippen molar-refractivity contribution in [1.82, 2.24) is 10.2 Å². The van der Waals surface area contributed by atoms with Gasteiger partial charge in [0, 0.05) is 0 Å². The van der Waals surface area contributed by atoms with E-state index in [1.54, 1.807) is 12.1 Å². The van der Waals surface area contributed by atoms with Crippen LogP contribution in [-0.4, -0.2) is 32.9 Å². The average Bonchev–Trinajstić information content (AvgIpc) is 2.87. The fraction of sp³-hybridized carbons (Fsp3) is 0.0909. The fourth-order valence-corrected chi connectivity index (χ4v) is 3.14. The zero-order valence-corrected chi connectivity index (χ0v) is 13.3. The molecule has 1 heterocycles. The van der Waals surface area contributed by atoms with Crippen LogP contribution >= 0.6 is 46.3 Å². The van der Waals surface area contributed by atoms with E-state index >= 15 is 0 Å². The predicted octanol–water partition coefficient (Wildman–Crippen LogP) is 3.27. The number of thioether (sulfide) groups is 1. The van der Waals surface area contributed by atoms with Crippen molar-refractivity contribution in [3.8, 4) is 0 Å². The van der Waals surface area contributed by atoms with Crippen molar-refractivity contribution in [3.63, 3.8) is 0 Å². The minimum absolute atomic E-state index is 0.122. The second-order valence-corrected chi connectivity index (χ2v) is 6.60. The van der Waals surface area contributed by atoms with Crippen molar-refractivity contribution >= 4 is 63.3 Å². The molecule has 0 spiro atoms. The molecule has 0 aliphatic rings. The summed E-state index contributed by atoms with van der Waals surface area (Å²) in [5, 5.41) is 19.3. The molecule has 0 fully saturated rings. The molecule has 110 valence electrons. The molecule has 0 radical (unpaired) electrons. The Kier molecular flexibility index (Phi) is 5.40. The maximum absolute atomic E-state index is 12.0. The molecule has 0 aliphatic carbocycles. The molecule has 10 heteroatoms. The minimum atomic E-state index is -0.952. The quantitative estimate of drug-likeness (QED) is 0.625. The van der Waals surface area contributed by atoms with Gasteiger partial charge < -0.3 is 5.11 Å². The number of benzene rings is 1. The largest absolute Gasteiger partial charge is 0.481 e. The van der Waals surface area contributed by atoms with E-state index < -0.39 is 11.9 Å². The number of amides is 1. The summed E-state index contributed by atoms with van der Waals surface area (Å²) in [6.45, 7) is 0. The van der Waals surface area contributed by atoms with Crippen LogP contribution in [0.1, 0.15) is 10.4 Å². The topological polar surface area (TPSA) is 92.2 Å². The number of rotatable bonds is 5. The minimum Gasteiger partial charge on any atom is -0.481 e. The molecule has 2 aromatic rings. The predicted molar refractivity (Wildman–Crippen MR) is 82.7 cm³/mol. The molecule has 0 saturated carbocycles. The third kappa shape index (κ3) is 4.31. The van der Waals surface area contributed by atoms with Gasteiger partial charge in [0.05, 0.1) is 21.4 Å². The highest BCUT2D eigenvalue weighted by Gasteiger charge is 2.15. The van der Waals surface area contributed by atoms with Gasteiger partial charge in [-0.25, -0.2) is 0 Å². The Hall–Kier alpha value is -1.35. The lowest BCUT2D eigenvalue weighted by Crippen LogP contribution is -2.12. The number of aliphatic carboxylic acids is 1. The van der Waals surface area contributed by atoms with Crippen molar-refractivity contribution in [2.45, 2.75) is 4.34 Å². The van der Waals surface area contributed by atoms with Crippen LogP contribution in [0, 0.1) is 0 Å². The summed E-state index contributed by atoms with van der Waals surface area (Å²) in [4.78, 5) is 22.5. The summed E-state index contributed by atoms with van der Waals surface area (Å²) < 4.78 is 0.449. The van der Waals surface area contributed by atoms with Crippen molar-refractivity contribution in [2.75, 3.05) is 11.1 Å². The Balaban J connectivity index is 2.06. The van der Waals surface area contributed by atoms with Gasteiger partial charge in [0.25, 0.3) is 5.91 Å². The van der Waals surface area contributed by atoms with E-state index in [4.69, 9.17) is 28.3 Å². The summed E-state index contributed by atoms with van der Waals surface area (Å²) in [5.41, 5.74) is 0.221. The number of carboxylic acid groups (broad SMARTS) is 1. The fourth-order valence-electron chi connectivity index (χ4n) is 1.29. The third-order valence-corrected chi connectivity index (χ3v) is 4.92. The second kappa shape index (κ2) is 7.08. The summed E-state index contributed by atoms with van der Waals surface area (Å²) >= 11 is 13.9. The molecule has 1 aromatic carbocycles. The van der Waals surface area contributed by atoms with Crippen LogP contribution in [0.4, 0.5) is 5.13 Å². The van der Waals surface area contributed by atoms with Crippen LogP contribution < -0.4 is 5.32 Å². The molecule has 2 rings (SSSR count). The number of hydrogen-bond donors (Lipinski definition) is 2. The number of carboxylic acids is 1. The van der Waals surface area contributed by atoms with Crippen LogP contribution in [0.2, 0.25) is 10.0 Å². The number of nitrogens with zero attached hydrogens (tertiary/aromatic N) is 2. The average molecular weight is 364 g/mol. The molecule has 0 bridgehead atoms. The van der Waals surface area contributed by atoms with Gasteiger partial charge in [0.1, 0.15) is 0 Å². The monoisotopic (exact) mass is 363 g/mol.